The number of carbonyl (C=O) groups is 2. The van der Waals surface area contributed by atoms with Gasteiger partial charge in [0.25, 0.3) is 0 Å². The van der Waals surface area contributed by atoms with Gasteiger partial charge in [0.15, 0.2) is 0 Å². The Morgan fingerprint density at radius 3 is 2.20 bits per heavy atom. The predicted octanol–water partition coefficient (Wildman–Crippen LogP) is 6.67. The van der Waals surface area contributed by atoms with E-state index in [1.165, 1.54) is 0 Å². The van der Waals surface area contributed by atoms with Crippen LogP contribution < -0.4 is 5.32 Å². The van der Waals surface area contributed by atoms with Crippen LogP contribution in [0.5, 0.6) is 0 Å². The summed E-state index contributed by atoms with van der Waals surface area (Å²) in [6, 6.07) is -0.478. The summed E-state index contributed by atoms with van der Waals surface area (Å²) < 4.78 is 18.0. The van der Waals surface area contributed by atoms with E-state index in [-0.39, 0.29) is 47.5 Å². The zero-order valence-electron chi connectivity index (χ0n) is 30.5. The number of hydrogen-bond acceptors (Lipinski definition) is 7. The first-order valence-electron chi connectivity index (χ1n) is 17.4. The van der Waals surface area contributed by atoms with Gasteiger partial charge in [-0.25, -0.2) is 4.79 Å². The number of aliphatic hydroxyl groups excluding tert-OH is 1. The van der Waals surface area contributed by atoms with Gasteiger partial charge in [-0.05, 0) is 76.7 Å². The number of carbonyl (C=O) groups excluding carboxylic acids is 2. The molecule has 1 amide bonds. The highest BCUT2D eigenvalue weighted by molar-refractivity contribution is 5.75. The number of hydrogen-bond donors (Lipinski definition) is 3. The van der Waals surface area contributed by atoms with Crippen LogP contribution in [0, 0.1) is 51.8 Å². The monoisotopic (exact) mass is 633 g/mol. The maximum atomic E-state index is 13.9. The van der Waals surface area contributed by atoms with E-state index in [9.17, 15) is 19.8 Å². The lowest BCUT2D eigenvalue weighted by Gasteiger charge is -2.71. The van der Waals surface area contributed by atoms with E-state index in [2.05, 4.69) is 67.6 Å². The second-order valence-corrected chi connectivity index (χ2v) is 17.8. The lowest BCUT2D eigenvalue weighted by Crippen LogP contribution is -2.73. The average Bonchev–Trinajstić information content (AvgIpc) is 2.89. The fourth-order valence-corrected chi connectivity index (χ4v) is 10.4. The third-order valence-corrected chi connectivity index (χ3v) is 13.0. The van der Waals surface area contributed by atoms with Crippen molar-refractivity contribution >= 4 is 12.1 Å². The Bertz CT molecular complexity index is 1190. The van der Waals surface area contributed by atoms with E-state index in [0.717, 1.165) is 17.6 Å². The summed E-state index contributed by atoms with van der Waals surface area (Å²) in [4.78, 5) is 26.6. The summed E-state index contributed by atoms with van der Waals surface area (Å²) in [6.45, 7) is 29.1. The van der Waals surface area contributed by atoms with Crippen molar-refractivity contribution in [1.29, 1.82) is 0 Å². The number of ether oxygens (including phenoxy) is 3. The van der Waals surface area contributed by atoms with Gasteiger partial charge in [0.05, 0.1) is 30.3 Å². The average molecular weight is 634 g/mol. The molecule has 1 aliphatic heterocycles. The Hall–Kier alpha value is -1.64. The van der Waals surface area contributed by atoms with E-state index in [4.69, 9.17) is 14.2 Å². The molecule has 4 aliphatic rings. The summed E-state index contributed by atoms with van der Waals surface area (Å²) in [5.74, 6) is -1.09. The molecule has 2 bridgehead atoms. The number of rotatable bonds is 6. The molecule has 8 nitrogen and oxygen atoms in total. The predicted molar refractivity (Wildman–Crippen MR) is 175 cm³/mol. The highest BCUT2D eigenvalue weighted by atomic mass is 16.6. The van der Waals surface area contributed by atoms with Crippen molar-refractivity contribution in [2.24, 2.45) is 51.8 Å². The van der Waals surface area contributed by atoms with Crippen LogP contribution in [0.25, 0.3) is 0 Å². The second kappa shape index (κ2) is 11.8. The summed E-state index contributed by atoms with van der Waals surface area (Å²) in [6.07, 6.45) is -0.00631. The molecule has 12 atom stereocenters. The molecule has 0 unspecified atom stereocenters. The number of aliphatic hydroxyl groups is 2. The van der Waals surface area contributed by atoms with Gasteiger partial charge in [-0.15, -0.1) is 0 Å². The van der Waals surface area contributed by atoms with Gasteiger partial charge < -0.3 is 29.7 Å². The lowest BCUT2D eigenvalue weighted by atomic mass is 9.38. The number of alkyl carbamates (subject to hydrolysis) is 1. The van der Waals surface area contributed by atoms with Gasteiger partial charge in [0.1, 0.15) is 11.7 Å². The van der Waals surface area contributed by atoms with Gasteiger partial charge in [-0.1, -0.05) is 67.9 Å². The molecule has 0 aromatic rings. The van der Waals surface area contributed by atoms with Crippen LogP contribution in [-0.4, -0.2) is 64.4 Å². The standard InChI is InChI=1S/C37H63NO7/c1-19(2)15-25(38-32(41)45-33(8,9)10)21(4)31(40)44-26-17-37(42)24(7)29-35(13)18-43-27(35)16-20(3)36(29,14)30(39)23(6)28(22(26)5)34(37,11)12/h19-21,23-27,29-30,39,42H,15-18H2,1-14H3,(H,38,41)/t20-,21+,23-,24-,25-,26-,27+,29+,30-,35+,36+,37+/m0/s1. The van der Waals surface area contributed by atoms with Crippen LogP contribution in [0.2, 0.25) is 0 Å². The van der Waals surface area contributed by atoms with Crippen LogP contribution in [0.15, 0.2) is 11.1 Å². The Kier molecular flexibility index (Phi) is 9.49. The van der Waals surface area contributed by atoms with Crippen LogP contribution in [-0.2, 0) is 19.0 Å². The molecule has 4 rings (SSSR count). The summed E-state index contributed by atoms with van der Waals surface area (Å²) in [7, 11) is 0. The van der Waals surface area contributed by atoms with E-state index < -0.39 is 58.3 Å². The first-order valence-corrected chi connectivity index (χ1v) is 17.4. The Balaban J connectivity index is 1.72. The molecule has 0 spiro atoms. The summed E-state index contributed by atoms with van der Waals surface area (Å²) in [5.41, 5.74) is -1.24. The maximum absolute atomic E-state index is 13.9. The van der Waals surface area contributed by atoms with E-state index in [1.54, 1.807) is 6.92 Å². The molecule has 258 valence electrons. The molecule has 0 radical (unpaired) electrons. The molecule has 0 aromatic carbocycles. The van der Waals surface area contributed by atoms with Gasteiger partial charge in [0.2, 0.25) is 0 Å². The van der Waals surface area contributed by atoms with Crippen LogP contribution in [0.3, 0.4) is 0 Å². The Morgan fingerprint density at radius 1 is 1.09 bits per heavy atom. The Labute approximate surface area is 272 Å². The molecule has 0 aromatic heterocycles. The summed E-state index contributed by atoms with van der Waals surface area (Å²) in [5, 5.41) is 28.4. The molecule has 8 heteroatoms. The number of nitrogens with one attached hydrogen (secondary N) is 1. The van der Waals surface area contributed by atoms with Crippen molar-refractivity contribution < 1.29 is 34.0 Å². The van der Waals surface area contributed by atoms with E-state index in [1.807, 2.05) is 27.7 Å². The summed E-state index contributed by atoms with van der Waals surface area (Å²) >= 11 is 0. The molecule has 3 N–H and O–H groups in total. The quantitative estimate of drug-likeness (QED) is 0.221. The molecule has 3 fully saturated rings. The van der Waals surface area contributed by atoms with E-state index in [0.29, 0.717) is 13.0 Å². The largest absolute Gasteiger partial charge is 0.457 e. The normalized spacial score (nSPS) is 42.3. The first kappa shape index (κ1) is 36.2. The Morgan fingerprint density at radius 2 is 1.69 bits per heavy atom. The molecular formula is C37H63NO7. The third-order valence-electron chi connectivity index (χ3n) is 13.0. The smallest absolute Gasteiger partial charge is 0.407 e. The number of fused-ring (bicyclic) bond motifs is 5. The number of esters is 1. The van der Waals surface area contributed by atoms with Crippen molar-refractivity contribution in [2.75, 3.05) is 6.61 Å². The van der Waals surface area contributed by atoms with Crippen LogP contribution >= 0.6 is 0 Å². The lowest BCUT2D eigenvalue weighted by molar-refractivity contribution is -0.316. The first-order chi connectivity index (χ1) is 20.4. The molecule has 2 saturated carbocycles. The second-order valence-electron chi connectivity index (χ2n) is 17.8. The zero-order chi connectivity index (χ0) is 34.2. The SMILES string of the molecule is CC1=C2[C@H](C)[C@H](O)[C@@]3(C)[C@H]([C@H](C)[C@](O)(C[C@@H]1OC(=O)[C@H](C)[C@H](CC(C)C)NC(=O)OC(C)(C)C)C2(C)C)[C@]1(C)CO[C@@H]1C[C@@H]3C. The third kappa shape index (κ3) is 5.77. The highest BCUT2D eigenvalue weighted by Crippen LogP contribution is 2.69. The van der Waals surface area contributed by atoms with Gasteiger partial charge in [0, 0.05) is 34.6 Å². The molecule has 1 saturated heterocycles. The van der Waals surface area contributed by atoms with Crippen molar-refractivity contribution in [3.05, 3.63) is 11.1 Å². The fourth-order valence-electron chi connectivity index (χ4n) is 10.4. The fraction of sp³-hybridized carbons (Fsp3) is 0.892. The van der Waals surface area contributed by atoms with Gasteiger partial charge >= 0.3 is 12.1 Å². The van der Waals surface area contributed by atoms with E-state index >= 15 is 0 Å². The molecule has 3 aliphatic carbocycles. The number of amides is 1. The topological polar surface area (TPSA) is 114 Å². The molecule has 1 heterocycles. The van der Waals surface area contributed by atoms with Crippen molar-refractivity contribution in [3.63, 3.8) is 0 Å². The minimum Gasteiger partial charge on any atom is -0.457 e. The maximum Gasteiger partial charge on any atom is 0.407 e. The van der Waals surface area contributed by atoms with Crippen molar-refractivity contribution in [3.8, 4) is 0 Å². The van der Waals surface area contributed by atoms with Crippen LogP contribution in [0.4, 0.5) is 4.79 Å². The molecular weight excluding hydrogens is 570 g/mol. The van der Waals surface area contributed by atoms with Crippen molar-refractivity contribution in [1.82, 2.24) is 5.32 Å². The zero-order valence-corrected chi connectivity index (χ0v) is 30.5. The van der Waals surface area contributed by atoms with Crippen LogP contribution in [0.1, 0.15) is 116 Å². The van der Waals surface area contributed by atoms with Gasteiger partial charge in [-0.3, -0.25) is 4.79 Å². The minimum atomic E-state index is -1.21. The minimum absolute atomic E-state index is 0.00194. The highest BCUT2D eigenvalue weighted by Gasteiger charge is 2.71. The molecule has 45 heavy (non-hydrogen) atoms. The van der Waals surface area contributed by atoms with Crippen molar-refractivity contribution in [2.45, 2.75) is 152 Å². The van der Waals surface area contributed by atoms with Gasteiger partial charge in [-0.2, -0.15) is 0 Å².